The number of benzene rings is 2. The van der Waals surface area contributed by atoms with Gasteiger partial charge in [-0.15, -0.1) is 0 Å². The molecule has 156 valence electrons. The molecule has 3 amide bonds. The zero-order valence-electron chi connectivity index (χ0n) is 17.0. The molecule has 1 fully saturated rings. The van der Waals surface area contributed by atoms with Crippen LogP contribution < -0.4 is 10.6 Å². The number of amides is 3. The second-order valence-electron chi connectivity index (χ2n) is 8.08. The van der Waals surface area contributed by atoms with Gasteiger partial charge in [-0.25, -0.2) is 0 Å². The molecule has 2 aliphatic heterocycles. The number of hydrogen-bond acceptors (Lipinski definition) is 3. The number of piperidine rings is 1. The molecule has 0 aromatic heterocycles. The number of nitrogens with zero attached hydrogens (tertiary/aromatic N) is 1. The van der Waals surface area contributed by atoms with Gasteiger partial charge in [0, 0.05) is 42.7 Å². The fraction of sp³-hybridized carbons (Fsp3) is 0.375. The van der Waals surface area contributed by atoms with Crippen molar-refractivity contribution in [2.75, 3.05) is 18.4 Å². The van der Waals surface area contributed by atoms with E-state index in [0.29, 0.717) is 37.9 Å². The number of para-hydroxylation sites is 1. The Balaban J connectivity index is 1.22. The molecule has 0 bridgehead atoms. The minimum Gasteiger partial charge on any atom is -0.349 e. The number of rotatable bonds is 5. The molecule has 6 nitrogen and oxygen atoms in total. The van der Waals surface area contributed by atoms with E-state index in [0.717, 1.165) is 24.1 Å². The van der Waals surface area contributed by atoms with Crippen LogP contribution in [0.4, 0.5) is 5.69 Å². The van der Waals surface area contributed by atoms with Crippen LogP contribution in [0.25, 0.3) is 0 Å². The van der Waals surface area contributed by atoms with Gasteiger partial charge in [0.2, 0.25) is 11.8 Å². The number of anilines is 1. The first-order valence-corrected chi connectivity index (χ1v) is 10.6. The van der Waals surface area contributed by atoms with Crippen LogP contribution >= 0.6 is 0 Å². The monoisotopic (exact) mass is 405 g/mol. The van der Waals surface area contributed by atoms with Gasteiger partial charge in [-0.3, -0.25) is 14.4 Å². The van der Waals surface area contributed by atoms with E-state index in [2.05, 4.69) is 10.6 Å². The molecule has 6 heteroatoms. The summed E-state index contributed by atoms with van der Waals surface area (Å²) in [5.74, 6) is -0.131. The standard InChI is InChI=1S/C24H27N3O3/c28-22(11-10-19-16-18-8-4-5-9-21(18)26-24(19)30)27-14-12-20(13-15-27)25-23(29)17-6-2-1-3-7-17/h1-9,19-20H,10-16H2,(H,25,29)(H,26,30)/t19-/m1/s1. The van der Waals surface area contributed by atoms with Gasteiger partial charge in [-0.1, -0.05) is 36.4 Å². The third kappa shape index (κ3) is 4.70. The van der Waals surface area contributed by atoms with Crippen LogP contribution in [0.3, 0.4) is 0 Å². The first kappa shape index (κ1) is 20.1. The molecule has 4 rings (SSSR count). The molecule has 1 saturated heterocycles. The van der Waals surface area contributed by atoms with Gasteiger partial charge in [0.25, 0.3) is 5.91 Å². The third-order valence-corrected chi connectivity index (χ3v) is 6.04. The van der Waals surface area contributed by atoms with Crippen molar-refractivity contribution in [3.05, 3.63) is 65.7 Å². The Morgan fingerprint density at radius 3 is 2.47 bits per heavy atom. The summed E-state index contributed by atoms with van der Waals surface area (Å²) in [6, 6.07) is 17.1. The van der Waals surface area contributed by atoms with Gasteiger partial charge in [-0.05, 0) is 49.4 Å². The lowest BCUT2D eigenvalue weighted by molar-refractivity contribution is -0.132. The van der Waals surface area contributed by atoms with Gasteiger partial charge in [0.1, 0.15) is 0 Å². The number of likely N-dealkylation sites (tertiary alicyclic amines) is 1. The van der Waals surface area contributed by atoms with Gasteiger partial charge in [0.05, 0.1) is 0 Å². The van der Waals surface area contributed by atoms with E-state index in [-0.39, 0.29) is 29.7 Å². The molecule has 30 heavy (non-hydrogen) atoms. The molecular weight excluding hydrogens is 378 g/mol. The van der Waals surface area contributed by atoms with Crippen LogP contribution in [0.1, 0.15) is 41.6 Å². The molecule has 0 aliphatic carbocycles. The smallest absolute Gasteiger partial charge is 0.251 e. The summed E-state index contributed by atoms with van der Waals surface area (Å²) in [6.45, 7) is 1.27. The summed E-state index contributed by atoms with van der Waals surface area (Å²) >= 11 is 0. The van der Waals surface area contributed by atoms with Crippen molar-refractivity contribution in [2.45, 2.75) is 38.1 Å². The molecule has 2 N–H and O–H groups in total. The highest BCUT2D eigenvalue weighted by Crippen LogP contribution is 2.28. The Bertz CT molecular complexity index is 920. The van der Waals surface area contributed by atoms with Gasteiger partial charge in [-0.2, -0.15) is 0 Å². The Hall–Kier alpha value is -3.15. The molecule has 0 radical (unpaired) electrons. The van der Waals surface area contributed by atoms with Crippen LogP contribution in [-0.2, 0) is 16.0 Å². The zero-order valence-corrected chi connectivity index (χ0v) is 17.0. The second kappa shape index (κ2) is 9.11. The third-order valence-electron chi connectivity index (χ3n) is 6.04. The maximum atomic E-state index is 12.7. The van der Waals surface area contributed by atoms with Crippen LogP contribution in [-0.4, -0.2) is 41.8 Å². The van der Waals surface area contributed by atoms with Crippen LogP contribution in [0.2, 0.25) is 0 Å². The van der Waals surface area contributed by atoms with E-state index in [4.69, 9.17) is 0 Å². The fourth-order valence-corrected chi connectivity index (χ4v) is 4.23. The number of hydrogen-bond donors (Lipinski definition) is 2. The van der Waals surface area contributed by atoms with Crippen molar-refractivity contribution in [1.29, 1.82) is 0 Å². The summed E-state index contributed by atoms with van der Waals surface area (Å²) in [7, 11) is 0. The SMILES string of the molecule is O=C(NC1CCN(C(=O)CC[C@@H]2Cc3ccccc3NC2=O)CC1)c1ccccc1. The molecule has 0 unspecified atom stereocenters. The van der Waals surface area contributed by atoms with E-state index < -0.39 is 0 Å². The maximum Gasteiger partial charge on any atom is 0.251 e. The molecule has 0 saturated carbocycles. The van der Waals surface area contributed by atoms with Crippen molar-refractivity contribution < 1.29 is 14.4 Å². The Morgan fingerprint density at radius 1 is 1.00 bits per heavy atom. The van der Waals surface area contributed by atoms with Gasteiger partial charge >= 0.3 is 0 Å². The Labute approximate surface area is 176 Å². The van der Waals surface area contributed by atoms with Crippen LogP contribution in [0.5, 0.6) is 0 Å². The number of fused-ring (bicyclic) bond motifs is 1. The summed E-state index contributed by atoms with van der Waals surface area (Å²) in [5.41, 5.74) is 2.66. The van der Waals surface area contributed by atoms with Crippen molar-refractivity contribution in [3.8, 4) is 0 Å². The highest BCUT2D eigenvalue weighted by molar-refractivity contribution is 5.96. The molecule has 0 spiro atoms. The topological polar surface area (TPSA) is 78.5 Å². The average Bonchev–Trinajstić information content (AvgIpc) is 2.78. The lowest BCUT2D eigenvalue weighted by atomic mass is 9.89. The largest absolute Gasteiger partial charge is 0.349 e. The Morgan fingerprint density at radius 2 is 1.70 bits per heavy atom. The van der Waals surface area contributed by atoms with Crippen LogP contribution in [0, 0.1) is 5.92 Å². The molecule has 2 aliphatic rings. The molecule has 2 heterocycles. The lowest BCUT2D eigenvalue weighted by Gasteiger charge is -2.33. The molecule has 2 aromatic carbocycles. The van der Waals surface area contributed by atoms with E-state index in [9.17, 15) is 14.4 Å². The van der Waals surface area contributed by atoms with E-state index in [1.165, 1.54) is 0 Å². The van der Waals surface area contributed by atoms with E-state index in [1.807, 2.05) is 47.4 Å². The second-order valence-corrected chi connectivity index (χ2v) is 8.08. The molecule has 2 aromatic rings. The fourth-order valence-electron chi connectivity index (χ4n) is 4.23. The summed E-state index contributed by atoms with van der Waals surface area (Å²) in [4.78, 5) is 39.1. The lowest BCUT2D eigenvalue weighted by Crippen LogP contribution is -2.46. The number of carbonyl (C=O) groups is 3. The minimum absolute atomic E-state index is 0.00355. The average molecular weight is 405 g/mol. The highest BCUT2D eigenvalue weighted by Gasteiger charge is 2.28. The molecular formula is C24H27N3O3. The quantitative estimate of drug-likeness (QED) is 0.803. The van der Waals surface area contributed by atoms with Crippen molar-refractivity contribution >= 4 is 23.4 Å². The predicted molar refractivity (Wildman–Crippen MR) is 115 cm³/mol. The summed E-state index contributed by atoms with van der Waals surface area (Å²) < 4.78 is 0. The zero-order chi connectivity index (χ0) is 20.9. The summed E-state index contributed by atoms with van der Waals surface area (Å²) in [6.07, 6.45) is 3.12. The van der Waals surface area contributed by atoms with Crippen LogP contribution in [0.15, 0.2) is 54.6 Å². The van der Waals surface area contributed by atoms with E-state index >= 15 is 0 Å². The first-order valence-electron chi connectivity index (χ1n) is 10.6. The van der Waals surface area contributed by atoms with Gasteiger partial charge in [0.15, 0.2) is 0 Å². The van der Waals surface area contributed by atoms with Crippen molar-refractivity contribution in [3.63, 3.8) is 0 Å². The van der Waals surface area contributed by atoms with Crippen molar-refractivity contribution in [2.24, 2.45) is 5.92 Å². The molecule has 1 atom stereocenters. The Kier molecular flexibility index (Phi) is 6.12. The minimum atomic E-state index is -0.161. The number of nitrogens with one attached hydrogen (secondary N) is 2. The normalized spacial score (nSPS) is 19.0. The highest BCUT2D eigenvalue weighted by atomic mass is 16.2. The maximum absolute atomic E-state index is 12.7. The predicted octanol–water partition coefficient (Wildman–Crippen LogP) is 3.00. The summed E-state index contributed by atoms with van der Waals surface area (Å²) in [5, 5.41) is 6.01. The van der Waals surface area contributed by atoms with Gasteiger partial charge < -0.3 is 15.5 Å². The first-order chi connectivity index (χ1) is 14.6. The number of carbonyl (C=O) groups excluding carboxylic acids is 3. The van der Waals surface area contributed by atoms with Crippen molar-refractivity contribution in [1.82, 2.24) is 10.2 Å². The van der Waals surface area contributed by atoms with E-state index in [1.54, 1.807) is 12.1 Å².